The van der Waals surface area contributed by atoms with Crippen molar-refractivity contribution in [3.63, 3.8) is 0 Å². The van der Waals surface area contributed by atoms with Gasteiger partial charge in [0, 0.05) is 24.4 Å². The molecule has 1 heterocycles. The first kappa shape index (κ1) is 34.4. The first-order chi connectivity index (χ1) is 21.2. The zero-order valence-corrected chi connectivity index (χ0v) is 27.3. The highest BCUT2D eigenvalue weighted by molar-refractivity contribution is 6.47. The van der Waals surface area contributed by atoms with Gasteiger partial charge in [0.05, 0.1) is 24.8 Å². The van der Waals surface area contributed by atoms with Gasteiger partial charge in [0.15, 0.2) is 10.8 Å². The molecule has 2 bridgehead atoms. The highest BCUT2D eigenvalue weighted by atomic mass is 16.7. The number of hydrazine groups is 1. The predicted octanol–water partition coefficient (Wildman–Crippen LogP) is 3.96. The summed E-state index contributed by atoms with van der Waals surface area (Å²) in [5.74, 6) is 0.0483. The smallest absolute Gasteiger partial charge is 0.481 e. The number of allylic oxidation sites excluding steroid dienone is 1. The van der Waals surface area contributed by atoms with Gasteiger partial charge in [0.1, 0.15) is 5.75 Å². The number of ether oxygens (including phenoxy) is 1. The number of nitrogens with two attached hydrogens (primary N) is 1. The molecule has 5 rings (SSSR count). The van der Waals surface area contributed by atoms with Crippen molar-refractivity contribution in [2.24, 2.45) is 39.8 Å². The number of carbonyl (C=O) groups excluding carboxylic acids is 2. The lowest BCUT2D eigenvalue weighted by Gasteiger charge is -2.64. The fourth-order valence-corrected chi connectivity index (χ4v) is 7.41. The number of hydrogen-bond acceptors (Lipinski definition) is 8. The van der Waals surface area contributed by atoms with Gasteiger partial charge >= 0.3 is 7.12 Å². The molecule has 246 valence electrons. The molecule has 1 amide bonds. The first-order valence-corrected chi connectivity index (χ1v) is 15.9. The predicted molar refractivity (Wildman–Crippen MR) is 172 cm³/mol. The molecule has 1 aromatic carbocycles. The summed E-state index contributed by atoms with van der Waals surface area (Å²) in [6.45, 7) is 11.1. The Kier molecular flexibility index (Phi) is 11.0. The number of nitrogens with one attached hydrogen (secondary N) is 2. The molecule has 0 spiro atoms. The van der Waals surface area contributed by atoms with E-state index in [9.17, 15) is 19.7 Å². The number of guanidine groups is 1. The van der Waals surface area contributed by atoms with Crippen molar-refractivity contribution in [2.75, 3.05) is 13.7 Å². The molecule has 6 atom stereocenters. The Labute approximate surface area is 266 Å². The van der Waals surface area contributed by atoms with Crippen LogP contribution in [0.2, 0.25) is 0 Å². The molecular weight excluding hydrogens is 577 g/mol. The zero-order valence-electron chi connectivity index (χ0n) is 27.3. The van der Waals surface area contributed by atoms with E-state index in [2.05, 4.69) is 44.9 Å². The molecule has 4 N–H and O–H groups in total. The van der Waals surface area contributed by atoms with Gasteiger partial charge in [-0.15, -0.1) is 0 Å². The average Bonchev–Trinajstić information content (AvgIpc) is 3.34. The Morgan fingerprint density at radius 2 is 2.00 bits per heavy atom. The van der Waals surface area contributed by atoms with E-state index >= 15 is 0 Å². The lowest BCUT2D eigenvalue weighted by molar-refractivity contribution is -0.525. The third kappa shape index (κ3) is 8.05. The summed E-state index contributed by atoms with van der Waals surface area (Å²) in [5.41, 5.74) is 7.89. The lowest BCUT2D eigenvalue weighted by atomic mass is 9.43. The van der Waals surface area contributed by atoms with Crippen LogP contribution in [0.3, 0.4) is 0 Å². The van der Waals surface area contributed by atoms with Crippen LogP contribution in [-0.2, 0) is 18.9 Å². The van der Waals surface area contributed by atoms with Gasteiger partial charge in [-0.3, -0.25) is 9.59 Å². The van der Waals surface area contributed by atoms with Crippen LogP contribution in [0.25, 0.3) is 6.08 Å². The monoisotopic (exact) mass is 625 g/mol. The van der Waals surface area contributed by atoms with Crippen molar-refractivity contribution in [1.29, 1.82) is 0 Å². The van der Waals surface area contributed by atoms with Gasteiger partial charge in [-0.2, -0.15) is 0 Å². The van der Waals surface area contributed by atoms with E-state index in [-0.39, 0.29) is 54.0 Å². The van der Waals surface area contributed by atoms with Crippen molar-refractivity contribution < 1.29 is 28.7 Å². The quantitative estimate of drug-likeness (QED) is 0.0497. The van der Waals surface area contributed by atoms with Crippen LogP contribution < -0.4 is 21.2 Å². The molecule has 0 radical (unpaired) electrons. The van der Waals surface area contributed by atoms with Crippen LogP contribution in [0.15, 0.2) is 35.3 Å². The molecule has 13 heteroatoms. The highest BCUT2D eigenvalue weighted by Gasteiger charge is 2.68. The Morgan fingerprint density at radius 1 is 1.27 bits per heavy atom. The van der Waals surface area contributed by atoms with Crippen molar-refractivity contribution >= 4 is 30.8 Å². The van der Waals surface area contributed by atoms with Crippen LogP contribution in [0.5, 0.6) is 5.75 Å². The maximum atomic E-state index is 13.9. The molecule has 0 aromatic heterocycles. The van der Waals surface area contributed by atoms with E-state index in [4.69, 9.17) is 19.8 Å². The number of methoxy groups -OCH3 is 1. The average molecular weight is 626 g/mol. The number of amides is 1. The molecule has 4 aliphatic rings. The molecule has 0 unspecified atom stereocenters. The van der Waals surface area contributed by atoms with Crippen molar-refractivity contribution in [1.82, 2.24) is 10.7 Å². The number of nitro groups is 1. The fraction of sp³-hybridized carbons (Fsp3) is 0.656. The number of ketones is 1. The Bertz CT molecular complexity index is 1300. The number of benzene rings is 1. The second-order valence-corrected chi connectivity index (χ2v) is 13.8. The Hall–Kier alpha value is -3.45. The maximum Gasteiger partial charge on any atom is 0.481 e. The van der Waals surface area contributed by atoms with E-state index in [1.807, 2.05) is 29.7 Å². The zero-order chi connectivity index (χ0) is 32.9. The van der Waals surface area contributed by atoms with E-state index in [0.29, 0.717) is 36.8 Å². The normalized spacial score (nSPS) is 26.6. The fourth-order valence-electron chi connectivity index (χ4n) is 7.41. The summed E-state index contributed by atoms with van der Waals surface area (Å²) in [7, 11) is 0.983. The molecule has 1 saturated heterocycles. The van der Waals surface area contributed by atoms with Gasteiger partial charge in [0.25, 0.3) is 5.96 Å². The van der Waals surface area contributed by atoms with E-state index in [0.717, 1.165) is 18.4 Å². The van der Waals surface area contributed by atoms with Crippen LogP contribution in [0, 0.1) is 39.2 Å². The molecule has 3 saturated carbocycles. The second-order valence-electron chi connectivity index (χ2n) is 13.8. The summed E-state index contributed by atoms with van der Waals surface area (Å²) in [4.78, 5) is 41.6. The SMILES string of the molecule is COc1ccccc1/C=C/C(=O)C[C@@H](CCCN=C(N)N[N+](=O)[O-])C(=O)N[C@@H](CC(C)C)B1O[C@@H]2C[C@H]3C[C@H](C3(C)C)[C@]2(C)O1. The van der Waals surface area contributed by atoms with Gasteiger partial charge in [-0.1, -0.05) is 51.3 Å². The summed E-state index contributed by atoms with van der Waals surface area (Å²) in [6.07, 6.45) is 6.56. The van der Waals surface area contributed by atoms with Crippen molar-refractivity contribution in [3.8, 4) is 5.75 Å². The third-order valence-corrected chi connectivity index (χ3v) is 9.96. The molecule has 1 aromatic rings. The lowest BCUT2D eigenvalue weighted by Crippen LogP contribution is -2.65. The number of carbonyl (C=O) groups is 2. The largest absolute Gasteiger partial charge is 0.496 e. The molecule has 4 fully saturated rings. The first-order valence-electron chi connectivity index (χ1n) is 15.9. The number of aliphatic imine (C=N–C) groups is 1. The van der Waals surface area contributed by atoms with E-state index < -0.39 is 23.7 Å². The summed E-state index contributed by atoms with van der Waals surface area (Å²) in [6, 6.07) is 7.35. The van der Waals surface area contributed by atoms with Gasteiger partial charge in [-0.25, -0.2) is 15.1 Å². The maximum absolute atomic E-state index is 13.9. The number of hydrogen-bond donors (Lipinski definition) is 3. The number of para-hydroxylation sites is 1. The molecule has 12 nitrogen and oxygen atoms in total. The van der Waals surface area contributed by atoms with Gasteiger partial charge < -0.3 is 25.1 Å². The standard InChI is InChI=1S/C32H48BN5O7/c1-20(2)16-28(33-44-27-19-23-18-26(31(23,3)4)32(27,5)45-33)36-29(40)22(11-9-15-35-30(34)37-38(41)42)17-24(39)14-13-21-10-7-8-12-25(21)43-6/h7-8,10,12-14,20,22-23,26-28H,9,11,15-19H2,1-6H3,(H,36,40)(H3,34,35,37)/b14-13+/t22-,23-,26-,27-,28+,32+/m1/s1. The van der Waals surface area contributed by atoms with Crippen LogP contribution in [0.1, 0.15) is 78.7 Å². The summed E-state index contributed by atoms with van der Waals surface area (Å²) < 4.78 is 18.6. The minimum Gasteiger partial charge on any atom is -0.496 e. The number of nitrogens with zero attached hydrogens (tertiary/aromatic N) is 2. The number of rotatable bonds is 15. The van der Waals surface area contributed by atoms with Crippen molar-refractivity contribution in [3.05, 3.63) is 46.0 Å². The topological polar surface area (TPSA) is 167 Å². The highest BCUT2D eigenvalue weighted by Crippen LogP contribution is 2.65. The van der Waals surface area contributed by atoms with Gasteiger partial charge in [-0.05, 0) is 80.4 Å². The van der Waals surface area contributed by atoms with Crippen LogP contribution >= 0.6 is 0 Å². The third-order valence-electron chi connectivity index (χ3n) is 9.96. The molecule has 45 heavy (non-hydrogen) atoms. The Morgan fingerprint density at radius 3 is 2.67 bits per heavy atom. The van der Waals surface area contributed by atoms with Crippen molar-refractivity contribution in [2.45, 2.75) is 90.8 Å². The summed E-state index contributed by atoms with van der Waals surface area (Å²) >= 11 is 0. The summed E-state index contributed by atoms with van der Waals surface area (Å²) in [5, 5.41) is 13.0. The Balaban J connectivity index is 1.47. The minimum atomic E-state index is -0.787. The minimum absolute atomic E-state index is 0.0144. The van der Waals surface area contributed by atoms with Gasteiger partial charge in [0.2, 0.25) is 5.91 Å². The molecule has 3 aliphatic carbocycles. The second kappa shape index (κ2) is 14.3. The molecule has 1 aliphatic heterocycles. The van der Waals surface area contributed by atoms with Crippen LogP contribution in [-0.4, -0.2) is 61.1 Å². The van der Waals surface area contributed by atoms with E-state index in [1.165, 1.54) is 6.08 Å². The van der Waals surface area contributed by atoms with Crippen LogP contribution in [0.4, 0.5) is 0 Å². The van der Waals surface area contributed by atoms with E-state index in [1.54, 1.807) is 13.2 Å². The molecular formula is C32H48BN5O7.